The highest BCUT2D eigenvalue weighted by Gasteiger charge is 2.54. The Morgan fingerprint density at radius 1 is 1.04 bits per heavy atom. The van der Waals surface area contributed by atoms with Crippen molar-refractivity contribution in [1.29, 1.82) is 0 Å². The van der Waals surface area contributed by atoms with Crippen molar-refractivity contribution in [2.75, 3.05) is 19.0 Å². The fourth-order valence-corrected chi connectivity index (χ4v) is 6.80. The Morgan fingerprint density at radius 3 is 2.34 bits per heavy atom. The molecule has 0 radical (unpaired) electrons. The number of aliphatic carboxylic acids is 2. The number of carboxylic acids is 2. The van der Waals surface area contributed by atoms with Crippen molar-refractivity contribution >= 4 is 58.3 Å². The monoisotopic (exact) mass is 710 g/mol. The molecular weight excluding hydrogens is 680 g/mol. The number of hydrogen-bond acceptors (Lipinski definition) is 12. The summed E-state index contributed by atoms with van der Waals surface area (Å²) in [5.41, 5.74) is -1.01. The Kier molecular flexibility index (Phi) is 10.0. The second-order valence-corrected chi connectivity index (χ2v) is 12.2. The molecular formula is C32H30N4O13S. The molecule has 0 aliphatic carbocycles. The molecule has 1 unspecified atom stereocenters. The number of phenols is 2. The lowest BCUT2D eigenvalue weighted by Crippen LogP contribution is -2.71. The number of thioether (sulfide) groups is 1. The summed E-state index contributed by atoms with van der Waals surface area (Å²) in [5, 5.41) is 42.9. The fraction of sp³-hybridized carbons (Fsp3) is 0.281. The van der Waals surface area contributed by atoms with Gasteiger partial charge in [-0.15, -0.1) is 11.8 Å². The minimum absolute atomic E-state index is 0.0761. The van der Waals surface area contributed by atoms with E-state index in [1.54, 1.807) is 6.92 Å². The molecule has 0 bridgehead atoms. The van der Waals surface area contributed by atoms with Crippen molar-refractivity contribution in [1.82, 2.24) is 20.1 Å². The van der Waals surface area contributed by atoms with E-state index >= 15 is 0 Å². The molecule has 2 aliphatic heterocycles. The first-order valence-electron chi connectivity index (χ1n) is 14.9. The van der Waals surface area contributed by atoms with Gasteiger partial charge in [0, 0.05) is 37.1 Å². The van der Waals surface area contributed by atoms with Crippen LogP contribution in [0.2, 0.25) is 0 Å². The molecule has 18 heteroatoms. The first-order chi connectivity index (χ1) is 23.7. The molecule has 2 aromatic carbocycles. The minimum Gasteiger partial charge on any atom is -0.504 e. The van der Waals surface area contributed by atoms with Crippen molar-refractivity contribution in [3.63, 3.8) is 0 Å². The number of phenolic OH excluding ortho intramolecular Hbond substituents is 2. The Balaban J connectivity index is 1.45. The number of β-lactam (4-membered cyclic amide) rings is 1. The van der Waals surface area contributed by atoms with Crippen LogP contribution in [0.4, 0.5) is 0 Å². The number of nitrogens with one attached hydrogen (secondary N) is 2. The number of fused-ring (bicyclic) bond motifs is 2. The number of aromatic hydroxyl groups is 2. The van der Waals surface area contributed by atoms with E-state index in [0.717, 1.165) is 29.7 Å². The number of carbonyl (C=O) groups is 6. The lowest BCUT2D eigenvalue weighted by atomic mass is 10.0. The van der Waals surface area contributed by atoms with Crippen LogP contribution in [0.1, 0.15) is 35.8 Å². The lowest BCUT2D eigenvalue weighted by molar-refractivity contribution is -0.151. The zero-order valence-electron chi connectivity index (χ0n) is 26.4. The Bertz CT molecular complexity index is 2020. The van der Waals surface area contributed by atoms with Crippen LogP contribution < -0.4 is 20.8 Å². The zero-order chi connectivity index (χ0) is 36.4. The maximum atomic E-state index is 13.8. The molecule has 0 saturated carbocycles. The average Bonchev–Trinajstić information content (AvgIpc) is 3.08. The predicted octanol–water partition coefficient (Wildman–Crippen LogP) is 0.669. The molecule has 1 aromatic heterocycles. The Hall–Kier alpha value is -6.04. The quantitative estimate of drug-likeness (QED) is 0.0859. The van der Waals surface area contributed by atoms with E-state index in [4.69, 9.17) is 14.6 Å². The summed E-state index contributed by atoms with van der Waals surface area (Å²) in [6.45, 7) is 2.13. The van der Waals surface area contributed by atoms with Gasteiger partial charge in [0.2, 0.25) is 11.3 Å². The molecule has 50 heavy (non-hydrogen) atoms. The van der Waals surface area contributed by atoms with Crippen LogP contribution in [-0.2, 0) is 35.3 Å². The third-order valence-electron chi connectivity index (χ3n) is 7.87. The molecule has 3 atom stereocenters. The summed E-state index contributed by atoms with van der Waals surface area (Å²) in [5.74, 6) is -6.82. The van der Waals surface area contributed by atoms with Gasteiger partial charge in [-0.3, -0.25) is 28.9 Å². The molecule has 262 valence electrons. The largest absolute Gasteiger partial charge is 0.504 e. The van der Waals surface area contributed by atoms with Crippen molar-refractivity contribution < 1.29 is 58.7 Å². The maximum absolute atomic E-state index is 13.8. The maximum Gasteiger partial charge on any atom is 0.352 e. The number of carboxylic acid groups (broad SMARTS) is 2. The van der Waals surface area contributed by atoms with Crippen LogP contribution in [0, 0.1) is 0 Å². The molecule has 3 heterocycles. The van der Waals surface area contributed by atoms with Crippen LogP contribution in [0.25, 0.3) is 10.9 Å². The summed E-state index contributed by atoms with van der Waals surface area (Å²) in [7, 11) is 0. The van der Waals surface area contributed by atoms with Gasteiger partial charge in [0.15, 0.2) is 18.1 Å². The number of rotatable bonds is 12. The van der Waals surface area contributed by atoms with Crippen LogP contribution in [-0.4, -0.2) is 95.9 Å². The van der Waals surface area contributed by atoms with Crippen molar-refractivity contribution in [3.05, 3.63) is 75.2 Å². The molecule has 1 saturated heterocycles. The van der Waals surface area contributed by atoms with Crippen LogP contribution in [0.5, 0.6) is 17.2 Å². The summed E-state index contributed by atoms with van der Waals surface area (Å²) in [6, 6.07) is 4.86. The van der Waals surface area contributed by atoms with Gasteiger partial charge >= 0.3 is 17.9 Å². The highest BCUT2D eigenvalue weighted by Crippen LogP contribution is 2.40. The van der Waals surface area contributed by atoms with E-state index in [2.05, 4.69) is 10.6 Å². The summed E-state index contributed by atoms with van der Waals surface area (Å²) in [6.07, 6.45) is 1.23. The lowest BCUT2D eigenvalue weighted by Gasteiger charge is -2.49. The van der Waals surface area contributed by atoms with E-state index in [1.807, 2.05) is 0 Å². The minimum atomic E-state index is -1.54. The number of nitrogens with zero attached hydrogens (tertiary/aromatic N) is 2. The number of benzene rings is 2. The molecule has 17 nitrogen and oxygen atoms in total. The standard InChI is InChI=1S/C32H30N4O13S/c1-3-35-10-19(27(42)18-8-21(38)22(39)9-20(18)35)28(43)33-24(15-4-6-17(7-5-15)49-12-23(40)41)29(44)34-25-30(45)36-26(32(46)47)16(11-48-14(2)37)13-50-31(25)36/h4-10,24-25,31,38-39H,3,11-13H2,1-2H3,(H,33,43)(H,34,44)(H,40,41)(H,46,47)/t24?,25-,31+/m1/s1. The highest BCUT2D eigenvalue weighted by molar-refractivity contribution is 8.00. The normalized spacial score (nSPS) is 17.3. The topological polar surface area (TPSA) is 251 Å². The summed E-state index contributed by atoms with van der Waals surface area (Å²) in [4.78, 5) is 89.5. The van der Waals surface area contributed by atoms with Crippen LogP contribution in [0.15, 0.2) is 58.7 Å². The van der Waals surface area contributed by atoms with E-state index < -0.39 is 82.2 Å². The SMILES string of the molecule is CCn1cc(C(=O)NC(C(=O)N[C@@H]2C(=O)N3C(C(=O)O)=C(COC(C)=O)CS[C@@H]23)c2ccc(OCC(=O)O)cc2)c(=O)c2cc(O)c(O)cc21. The molecule has 1 fully saturated rings. The molecule has 6 N–H and O–H groups in total. The third kappa shape index (κ3) is 6.91. The van der Waals surface area contributed by atoms with Gasteiger partial charge in [-0.25, -0.2) is 9.59 Å². The molecule has 2 aliphatic rings. The number of esters is 1. The number of aryl methyl sites for hydroxylation is 1. The predicted molar refractivity (Wildman–Crippen MR) is 173 cm³/mol. The average molecular weight is 711 g/mol. The molecule has 0 spiro atoms. The number of aromatic nitrogens is 1. The number of ether oxygens (including phenoxy) is 2. The summed E-state index contributed by atoms with van der Waals surface area (Å²) < 4.78 is 11.6. The second kappa shape index (κ2) is 14.2. The Labute approximate surface area is 286 Å². The molecule has 3 aromatic rings. The smallest absolute Gasteiger partial charge is 0.352 e. The first kappa shape index (κ1) is 35.3. The van der Waals surface area contributed by atoms with Gasteiger partial charge in [0.05, 0.1) is 10.9 Å². The van der Waals surface area contributed by atoms with Gasteiger partial charge in [-0.2, -0.15) is 0 Å². The van der Waals surface area contributed by atoms with E-state index in [-0.39, 0.29) is 52.4 Å². The third-order valence-corrected chi connectivity index (χ3v) is 9.21. The van der Waals surface area contributed by atoms with E-state index in [0.29, 0.717) is 0 Å². The molecule has 5 rings (SSSR count). The van der Waals surface area contributed by atoms with Gasteiger partial charge in [0.1, 0.15) is 41.1 Å². The van der Waals surface area contributed by atoms with Gasteiger partial charge in [0.25, 0.3) is 11.8 Å². The van der Waals surface area contributed by atoms with E-state index in [9.17, 15) is 48.9 Å². The number of amides is 3. The molecule has 3 amide bonds. The van der Waals surface area contributed by atoms with Crippen LogP contribution in [0.3, 0.4) is 0 Å². The summed E-state index contributed by atoms with van der Waals surface area (Å²) >= 11 is 1.13. The van der Waals surface area contributed by atoms with Gasteiger partial charge < -0.3 is 45.1 Å². The van der Waals surface area contributed by atoms with E-state index in [1.165, 1.54) is 41.1 Å². The second-order valence-electron chi connectivity index (χ2n) is 11.1. The van der Waals surface area contributed by atoms with Crippen LogP contribution >= 0.6 is 11.8 Å². The van der Waals surface area contributed by atoms with Gasteiger partial charge in [-0.1, -0.05) is 12.1 Å². The van der Waals surface area contributed by atoms with Gasteiger partial charge in [-0.05, 0) is 30.7 Å². The number of hydrogen-bond donors (Lipinski definition) is 6. The number of carbonyl (C=O) groups excluding carboxylic acids is 4. The van der Waals surface area contributed by atoms with Crippen molar-refractivity contribution in [2.24, 2.45) is 0 Å². The zero-order valence-corrected chi connectivity index (χ0v) is 27.2. The highest BCUT2D eigenvalue weighted by atomic mass is 32.2. The fourth-order valence-electron chi connectivity index (χ4n) is 5.47. The van der Waals surface area contributed by atoms with Crippen molar-refractivity contribution in [2.45, 2.75) is 37.8 Å². The Morgan fingerprint density at radius 2 is 1.72 bits per heavy atom. The van der Waals surface area contributed by atoms with Crippen molar-refractivity contribution in [3.8, 4) is 17.2 Å². The number of pyridine rings is 1. The first-order valence-corrected chi connectivity index (χ1v) is 15.9.